The summed E-state index contributed by atoms with van der Waals surface area (Å²) in [6, 6.07) is 0. The largest absolute Gasteiger partial charge is 0.114 e. The highest BCUT2D eigenvalue weighted by molar-refractivity contribution is 9.13. The van der Waals surface area contributed by atoms with Crippen LogP contribution in [0.25, 0.3) is 0 Å². The Labute approximate surface area is 91.4 Å². The molecule has 0 bridgehead atoms. The average molecular weight is 288 g/mol. The predicted octanol–water partition coefficient (Wildman–Crippen LogP) is 2.93. The summed E-state index contributed by atoms with van der Waals surface area (Å²) in [5.74, 6) is 0. The van der Waals surface area contributed by atoms with E-state index in [1.54, 1.807) is 0 Å². The van der Waals surface area contributed by atoms with Gasteiger partial charge in [0.25, 0.3) is 0 Å². The van der Waals surface area contributed by atoms with Gasteiger partial charge in [0.05, 0.1) is 0 Å². The molecule has 0 heterocycles. The van der Waals surface area contributed by atoms with Crippen LogP contribution in [0.1, 0.15) is 16.7 Å². The summed E-state index contributed by atoms with van der Waals surface area (Å²) in [6.07, 6.45) is 0. The number of rotatable bonds is 0. The fourth-order valence-corrected chi connectivity index (χ4v) is 2.20. The van der Waals surface area contributed by atoms with E-state index in [1.807, 2.05) is 13.8 Å². The Morgan fingerprint density at radius 2 is 1.25 bits per heavy atom. The van der Waals surface area contributed by atoms with Gasteiger partial charge < -0.3 is 0 Å². The van der Waals surface area contributed by atoms with Crippen molar-refractivity contribution in [2.75, 3.05) is 0 Å². The topological polar surface area (TPSA) is 0 Å². The predicted molar refractivity (Wildman–Crippen MR) is 61.4 cm³/mol. The third-order valence-corrected chi connectivity index (χ3v) is 4.74. The molecule has 1 rings (SSSR count). The fraction of sp³-hybridized carbons (Fsp3) is 0.333. The lowest BCUT2D eigenvalue weighted by Crippen LogP contribution is -2.14. The van der Waals surface area contributed by atoms with E-state index in [-0.39, 0.29) is 0 Å². The van der Waals surface area contributed by atoms with E-state index in [0.717, 1.165) is 25.5 Å². The minimum Gasteiger partial charge on any atom is -0.0895 e. The molecule has 0 unspecified atom stereocenters. The van der Waals surface area contributed by atoms with Crippen molar-refractivity contribution in [1.29, 1.82) is 0 Å². The van der Waals surface area contributed by atoms with Crippen molar-refractivity contribution in [3.05, 3.63) is 25.6 Å². The molecule has 0 aromatic heterocycles. The molecule has 62 valence electrons. The van der Waals surface area contributed by atoms with Crippen LogP contribution in [0.3, 0.4) is 0 Å². The molecule has 0 spiro atoms. The van der Waals surface area contributed by atoms with Gasteiger partial charge in [0.2, 0.25) is 0 Å². The molecular weight excluding hydrogens is 279 g/mol. The smallest absolute Gasteiger partial charge is 0.0895 e. The molecule has 3 heteroatoms. The Balaban J connectivity index is 3.60. The molecule has 0 saturated heterocycles. The SMILES string of the molecule is [B]c1c(C)c(C)c(Br)c(Br)c1C. The molecule has 1 aromatic carbocycles. The van der Waals surface area contributed by atoms with Gasteiger partial charge in [-0.1, -0.05) is 11.0 Å². The molecule has 0 aliphatic rings. The number of hydrogen-bond donors (Lipinski definition) is 0. The first-order chi connectivity index (χ1) is 5.46. The van der Waals surface area contributed by atoms with Crippen molar-refractivity contribution in [1.82, 2.24) is 0 Å². The van der Waals surface area contributed by atoms with E-state index in [0.29, 0.717) is 0 Å². The molecule has 0 saturated carbocycles. The second-order valence-electron chi connectivity index (χ2n) is 2.92. The van der Waals surface area contributed by atoms with E-state index < -0.39 is 0 Å². The fourth-order valence-electron chi connectivity index (χ4n) is 1.10. The first-order valence-electron chi connectivity index (χ1n) is 3.67. The van der Waals surface area contributed by atoms with E-state index in [1.165, 1.54) is 5.56 Å². The average Bonchev–Trinajstić information content (AvgIpc) is 2.08. The Morgan fingerprint density at radius 1 is 0.833 bits per heavy atom. The van der Waals surface area contributed by atoms with Crippen molar-refractivity contribution >= 4 is 45.2 Å². The van der Waals surface area contributed by atoms with Crippen molar-refractivity contribution in [2.45, 2.75) is 20.8 Å². The highest BCUT2D eigenvalue weighted by Crippen LogP contribution is 2.30. The second-order valence-corrected chi connectivity index (χ2v) is 4.50. The Hall–Kier alpha value is 0.245. The Kier molecular flexibility index (Phi) is 3.05. The van der Waals surface area contributed by atoms with Gasteiger partial charge in [-0.25, -0.2) is 0 Å². The van der Waals surface area contributed by atoms with Crippen molar-refractivity contribution in [2.24, 2.45) is 0 Å². The highest BCUT2D eigenvalue weighted by Gasteiger charge is 2.09. The lowest BCUT2D eigenvalue weighted by atomic mass is 9.85. The molecule has 1 aromatic rings. The molecule has 0 fully saturated rings. The van der Waals surface area contributed by atoms with Gasteiger partial charge in [-0.3, -0.25) is 0 Å². The summed E-state index contributed by atoms with van der Waals surface area (Å²) in [5, 5.41) is 0. The van der Waals surface area contributed by atoms with Crippen LogP contribution < -0.4 is 5.46 Å². The van der Waals surface area contributed by atoms with Gasteiger partial charge in [-0.15, -0.1) is 0 Å². The normalized spacial score (nSPS) is 10.4. The third kappa shape index (κ3) is 1.49. The summed E-state index contributed by atoms with van der Waals surface area (Å²) >= 11 is 7.00. The van der Waals surface area contributed by atoms with Crippen LogP contribution in [0.2, 0.25) is 0 Å². The van der Waals surface area contributed by atoms with Crippen LogP contribution in [-0.4, -0.2) is 7.85 Å². The lowest BCUT2D eigenvalue weighted by Gasteiger charge is -2.13. The van der Waals surface area contributed by atoms with Crippen LogP contribution in [-0.2, 0) is 0 Å². The summed E-state index contributed by atoms with van der Waals surface area (Å²) in [4.78, 5) is 0. The zero-order valence-electron chi connectivity index (χ0n) is 7.33. The van der Waals surface area contributed by atoms with Crippen LogP contribution in [0.15, 0.2) is 8.95 Å². The minimum atomic E-state index is 0.877. The maximum Gasteiger partial charge on any atom is 0.114 e. The summed E-state index contributed by atoms with van der Waals surface area (Å²) in [5.41, 5.74) is 4.33. The van der Waals surface area contributed by atoms with Crippen LogP contribution in [0.4, 0.5) is 0 Å². The van der Waals surface area contributed by atoms with E-state index in [2.05, 4.69) is 38.8 Å². The van der Waals surface area contributed by atoms with Crippen LogP contribution in [0.5, 0.6) is 0 Å². The first kappa shape index (κ1) is 10.3. The molecule has 0 nitrogen and oxygen atoms in total. The third-order valence-electron chi connectivity index (χ3n) is 2.22. The van der Waals surface area contributed by atoms with Crippen LogP contribution in [0, 0.1) is 20.8 Å². The standard InChI is InChI=1S/C9H9BBr2/c1-4-5(2)8(11)9(12)6(3)7(4)10/h1-3H3. The lowest BCUT2D eigenvalue weighted by molar-refractivity contribution is 1.28. The van der Waals surface area contributed by atoms with Gasteiger partial charge in [0.15, 0.2) is 0 Å². The minimum absolute atomic E-state index is 0.877. The molecule has 0 atom stereocenters. The van der Waals surface area contributed by atoms with Gasteiger partial charge >= 0.3 is 0 Å². The maximum atomic E-state index is 5.90. The highest BCUT2D eigenvalue weighted by atomic mass is 79.9. The monoisotopic (exact) mass is 286 g/mol. The number of benzene rings is 1. The summed E-state index contributed by atoms with van der Waals surface area (Å²) in [6.45, 7) is 6.10. The summed E-state index contributed by atoms with van der Waals surface area (Å²) < 4.78 is 2.16. The Bertz CT molecular complexity index is 227. The van der Waals surface area contributed by atoms with Gasteiger partial charge in [0.1, 0.15) is 7.85 Å². The molecule has 0 aliphatic heterocycles. The number of halogens is 2. The van der Waals surface area contributed by atoms with Crippen LogP contribution >= 0.6 is 31.9 Å². The van der Waals surface area contributed by atoms with Crippen molar-refractivity contribution in [3.63, 3.8) is 0 Å². The van der Waals surface area contributed by atoms with Crippen molar-refractivity contribution < 1.29 is 0 Å². The van der Waals surface area contributed by atoms with E-state index >= 15 is 0 Å². The zero-order valence-corrected chi connectivity index (χ0v) is 10.5. The maximum absolute atomic E-state index is 5.90. The molecule has 2 radical (unpaired) electrons. The zero-order chi connectivity index (χ0) is 9.46. The summed E-state index contributed by atoms with van der Waals surface area (Å²) in [7, 11) is 5.90. The van der Waals surface area contributed by atoms with Gasteiger partial charge in [-0.05, 0) is 63.8 Å². The van der Waals surface area contributed by atoms with Gasteiger partial charge in [-0.2, -0.15) is 0 Å². The molecule has 0 aliphatic carbocycles. The van der Waals surface area contributed by atoms with E-state index in [4.69, 9.17) is 7.85 Å². The quantitative estimate of drug-likeness (QED) is 0.644. The number of hydrogen-bond acceptors (Lipinski definition) is 0. The Morgan fingerprint density at radius 3 is 1.75 bits per heavy atom. The van der Waals surface area contributed by atoms with Gasteiger partial charge in [0, 0.05) is 8.95 Å². The molecule has 0 amide bonds. The second kappa shape index (κ2) is 3.55. The molecular formula is C9H9BBr2. The molecule has 12 heavy (non-hydrogen) atoms. The van der Waals surface area contributed by atoms with E-state index in [9.17, 15) is 0 Å². The molecule has 0 N–H and O–H groups in total. The van der Waals surface area contributed by atoms with Crippen molar-refractivity contribution in [3.8, 4) is 0 Å². The first-order valence-corrected chi connectivity index (χ1v) is 5.25.